The van der Waals surface area contributed by atoms with E-state index in [1.54, 1.807) is 12.4 Å². The molecule has 1 fully saturated rings. The molecular weight excluding hydrogens is 426 g/mol. The molecular formula is C24H21N3O4S. The maximum absolute atomic E-state index is 12.0. The van der Waals surface area contributed by atoms with Gasteiger partial charge >= 0.3 is 6.03 Å². The summed E-state index contributed by atoms with van der Waals surface area (Å²) in [5, 5.41) is 4.85. The third kappa shape index (κ3) is 4.97. The Morgan fingerprint density at radius 3 is 2.66 bits per heavy atom. The Morgan fingerprint density at radius 2 is 1.94 bits per heavy atom. The van der Waals surface area contributed by atoms with Gasteiger partial charge in [-0.3, -0.25) is 19.9 Å². The van der Waals surface area contributed by atoms with Gasteiger partial charge in [0.15, 0.2) is 5.78 Å². The largest absolute Gasteiger partial charge is 0.489 e. The van der Waals surface area contributed by atoms with Crippen LogP contribution in [0, 0.1) is 0 Å². The summed E-state index contributed by atoms with van der Waals surface area (Å²) in [5.74, 6) is 0.427. The fourth-order valence-electron chi connectivity index (χ4n) is 3.28. The van der Waals surface area contributed by atoms with Gasteiger partial charge in [-0.25, -0.2) is 4.79 Å². The average Bonchev–Trinajstić information content (AvgIpc) is 3.16. The molecule has 1 aliphatic heterocycles. The number of nitrogens with one attached hydrogen (secondary N) is 2. The van der Waals surface area contributed by atoms with Crippen molar-refractivity contribution < 1.29 is 19.1 Å². The summed E-state index contributed by atoms with van der Waals surface area (Å²) in [4.78, 5) is 41.3. The Bertz CT molecular complexity index is 1160. The molecule has 1 atom stereocenters. The third-order valence-corrected chi connectivity index (χ3v) is 6.02. The molecule has 0 radical (unpaired) electrons. The number of ketones is 1. The number of nitrogens with zero attached hydrogens (tertiary/aromatic N) is 1. The monoisotopic (exact) mass is 447 g/mol. The first kappa shape index (κ1) is 21.6. The van der Waals surface area contributed by atoms with Gasteiger partial charge in [0.1, 0.15) is 18.4 Å². The van der Waals surface area contributed by atoms with Gasteiger partial charge in [-0.2, -0.15) is 0 Å². The highest BCUT2D eigenvalue weighted by Crippen LogP contribution is 2.34. The quantitative estimate of drug-likeness (QED) is 0.395. The number of pyridine rings is 1. The number of hydrogen-bond donors (Lipinski definition) is 2. The summed E-state index contributed by atoms with van der Waals surface area (Å²) >= 11 is 1.47. The van der Waals surface area contributed by atoms with Crippen molar-refractivity contribution in [3.05, 3.63) is 83.7 Å². The second kappa shape index (κ2) is 9.65. The van der Waals surface area contributed by atoms with Crippen LogP contribution in [0.15, 0.2) is 76.8 Å². The van der Waals surface area contributed by atoms with Crippen LogP contribution < -0.4 is 15.4 Å². The van der Waals surface area contributed by atoms with Crippen LogP contribution in [0.4, 0.5) is 4.79 Å². The van der Waals surface area contributed by atoms with E-state index in [0.29, 0.717) is 29.9 Å². The summed E-state index contributed by atoms with van der Waals surface area (Å²) in [6, 6.07) is 15.6. The standard InChI is InChI=1S/C24H21N3O4S/c1-2-20(28)16-5-3-4-15(12-16)14-31-17-6-8-18(9-7-17)32-21-10-11-25-13-19(21)22-23(29)27-24(30)26-22/h3-13,22H,2,14H2,1H3,(H2,26,27,29,30). The van der Waals surface area contributed by atoms with Crippen LogP contribution in [0.1, 0.15) is 40.9 Å². The number of imide groups is 1. The lowest BCUT2D eigenvalue weighted by Crippen LogP contribution is -2.22. The van der Waals surface area contributed by atoms with E-state index in [1.165, 1.54) is 11.8 Å². The zero-order valence-electron chi connectivity index (χ0n) is 17.3. The smallest absolute Gasteiger partial charge is 0.322 e. The number of hydrogen-bond acceptors (Lipinski definition) is 6. The number of urea groups is 1. The molecule has 0 aliphatic carbocycles. The SMILES string of the molecule is CCC(=O)c1cccc(COc2ccc(Sc3ccncc3C3NC(=O)NC3=O)cc2)c1. The van der Waals surface area contributed by atoms with Gasteiger partial charge in [-0.1, -0.05) is 36.9 Å². The maximum Gasteiger partial charge on any atom is 0.322 e. The molecule has 2 aromatic carbocycles. The number of amides is 3. The Balaban J connectivity index is 1.42. The summed E-state index contributed by atoms with van der Waals surface area (Å²) in [5.41, 5.74) is 2.27. The Labute approximate surface area is 189 Å². The molecule has 2 N–H and O–H groups in total. The van der Waals surface area contributed by atoms with E-state index in [0.717, 1.165) is 15.4 Å². The number of Topliss-reactive ketones (excluding diaryl/α,β-unsaturated/α-hetero) is 1. The van der Waals surface area contributed by atoms with E-state index in [2.05, 4.69) is 15.6 Å². The van der Waals surface area contributed by atoms with Crippen molar-refractivity contribution in [3.8, 4) is 5.75 Å². The molecule has 2 heterocycles. The highest BCUT2D eigenvalue weighted by molar-refractivity contribution is 7.99. The van der Waals surface area contributed by atoms with Gasteiger partial charge < -0.3 is 10.1 Å². The molecule has 0 saturated carbocycles. The molecule has 3 aromatic rings. The van der Waals surface area contributed by atoms with Crippen molar-refractivity contribution in [1.82, 2.24) is 15.6 Å². The number of carbonyl (C=O) groups excluding carboxylic acids is 3. The van der Waals surface area contributed by atoms with Crippen LogP contribution in [-0.2, 0) is 11.4 Å². The van der Waals surface area contributed by atoms with E-state index in [-0.39, 0.29) is 5.78 Å². The second-order valence-electron chi connectivity index (χ2n) is 7.15. The molecule has 7 nitrogen and oxygen atoms in total. The fraction of sp³-hybridized carbons (Fsp3) is 0.167. The highest BCUT2D eigenvalue weighted by atomic mass is 32.2. The van der Waals surface area contributed by atoms with Crippen molar-refractivity contribution in [2.24, 2.45) is 0 Å². The molecule has 162 valence electrons. The normalized spacial score (nSPS) is 15.2. The first-order chi connectivity index (χ1) is 15.5. The van der Waals surface area contributed by atoms with E-state index < -0.39 is 18.0 Å². The van der Waals surface area contributed by atoms with Crippen molar-refractivity contribution >= 4 is 29.5 Å². The number of ether oxygens (including phenoxy) is 1. The van der Waals surface area contributed by atoms with Crippen LogP contribution in [0.2, 0.25) is 0 Å². The van der Waals surface area contributed by atoms with Gasteiger partial charge in [-0.15, -0.1) is 0 Å². The van der Waals surface area contributed by atoms with Gasteiger partial charge in [0.05, 0.1) is 0 Å². The van der Waals surface area contributed by atoms with Gasteiger partial charge in [0, 0.05) is 39.7 Å². The van der Waals surface area contributed by atoms with Crippen LogP contribution in [-0.4, -0.2) is 22.7 Å². The molecule has 1 saturated heterocycles. The van der Waals surface area contributed by atoms with Gasteiger partial charge in [0.2, 0.25) is 0 Å². The lowest BCUT2D eigenvalue weighted by molar-refractivity contribution is -0.120. The van der Waals surface area contributed by atoms with E-state index in [9.17, 15) is 14.4 Å². The average molecular weight is 448 g/mol. The maximum atomic E-state index is 12.0. The minimum Gasteiger partial charge on any atom is -0.489 e. The minimum atomic E-state index is -0.753. The predicted molar refractivity (Wildman–Crippen MR) is 120 cm³/mol. The molecule has 4 rings (SSSR count). The van der Waals surface area contributed by atoms with E-state index in [4.69, 9.17) is 4.74 Å². The molecule has 3 amide bonds. The molecule has 1 aromatic heterocycles. The van der Waals surface area contributed by atoms with Gasteiger partial charge in [0.25, 0.3) is 5.91 Å². The number of rotatable bonds is 8. The minimum absolute atomic E-state index is 0.110. The van der Waals surface area contributed by atoms with Gasteiger partial charge in [-0.05, 0) is 42.0 Å². The van der Waals surface area contributed by atoms with Crippen molar-refractivity contribution in [3.63, 3.8) is 0 Å². The summed E-state index contributed by atoms with van der Waals surface area (Å²) in [6.07, 6.45) is 3.71. The highest BCUT2D eigenvalue weighted by Gasteiger charge is 2.32. The van der Waals surface area contributed by atoms with Crippen molar-refractivity contribution in [1.29, 1.82) is 0 Å². The fourth-order valence-corrected chi connectivity index (χ4v) is 4.22. The molecule has 1 unspecified atom stereocenters. The molecule has 32 heavy (non-hydrogen) atoms. The summed E-state index contributed by atoms with van der Waals surface area (Å²) < 4.78 is 5.87. The van der Waals surface area contributed by atoms with E-state index >= 15 is 0 Å². The summed E-state index contributed by atoms with van der Waals surface area (Å²) in [7, 11) is 0. The Hall–Kier alpha value is -3.65. The lowest BCUT2D eigenvalue weighted by Gasteiger charge is -2.13. The zero-order valence-corrected chi connectivity index (χ0v) is 18.1. The topological polar surface area (TPSA) is 97.4 Å². The number of benzene rings is 2. The second-order valence-corrected chi connectivity index (χ2v) is 8.26. The first-order valence-corrected chi connectivity index (χ1v) is 10.9. The third-order valence-electron chi connectivity index (χ3n) is 4.92. The van der Waals surface area contributed by atoms with Crippen LogP contribution in [0.25, 0.3) is 0 Å². The molecule has 1 aliphatic rings. The molecule has 8 heteroatoms. The lowest BCUT2D eigenvalue weighted by atomic mass is 10.1. The molecule has 0 bridgehead atoms. The van der Waals surface area contributed by atoms with Crippen molar-refractivity contribution in [2.75, 3.05) is 0 Å². The molecule has 0 spiro atoms. The van der Waals surface area contributed by atoms with Crippen LogP contribution in [0.3, 0.4) is 0 Å². The van der Waals surface area contributed by atoms with E-state index in [1.807, 2.05) is 61.5 Å². The Kier molecular flexibility index (Phi) is 6.51. The summed E-state index contributed by atoms with van der Waals surface area (Å²) in [6.45, 7) is 2.21. The number of aromatic nitrogens is 1. The van der Waals surface area contributed by atoms with Crippen molar-refractivity contribution in [2.45, 2.75) is 35.8 Å². The van der Waals surface area contributed by atoms with Crippen LogP contribution in [0.5, 0.6) is 5.75 Å². The predicted octanol–water partition coefficient (Wildman–Crippen LogP) is 4.29. The Morgan fingerprint density at radius 1 is 1.12 bits per heavy atom. The zero-order chi connectivity index (χ0) is 22.5. The number of carbonyl (C=O) groups is 3. The van der Waals surface area contributed by atoms with Crippen LogP contribution >= 0.6 is 11.8 Å². The first-order valence-electron chi connectivity index (χ1n) is 10.1.